The van der Waals surface area contributed by atoms with Gasteiger partial charge < -0.3 is 9.84 Å². The maximum atomic E-state index is 10.8. The number of nitrogens with zero attached hydrogens (tertiary/aromatic N) is 1. The van der Waals surface area contributed by atoms with Gasteiger partial charge in [0.2, 0.25) is 0 Å². The Labute approximate surface area is 62.9 Å². The largest absolute Gasteiger partial charge is 0.510 e. The van der Waals surface area contributed by atoms with Gasteiger partial charge >= 0.3 is 6.09 Å². The molecule has 1 aliphatic heterocycles. The smallest absolute Gasteiger partial charge is 0.416 e. The van der Waals surface area contributed by atoms with Crippen molar-refractivity contribution in [2.24, 2.45) is 0 Å². The number of carbonyl (C=O) groups excluding carboxylic acids is 2. The number of carbonyl (C=O) groups is 2. The summed E-state index contributed by atoms with van der Waals surface area (Å²) in [6.45, 7) is -0.0918. The number of amides is 2. The molecule has 0 saturated heterocycles. The molecule has 5 nitrogen and oxygen atoms in total. The van der Waals surface area contributed by atoms with Gasteiger partial charge in [-0.15, -0.1) is 0 Å². The van der Waals surface area contributed by atoms with Crippen molar-refractivity contribution >= 4 is 12.0 Å². The SMILES string of the molecule is COC(=O)N1CC(O)=CC1=O. The van der Waals surface area contributed by atoms with Crippen LogP contribution in [0, 0.1) is 0 Å². The fourth-order valence-corrected chi connectivity index (χ4v) is 0.771. The first-order valence-electron chi connectivity index (χ1n) is 2.94. The second-order valence-corrected chi connectivity index (χ2v) is 2.03. The van der Waals surface area contributed by atoms with Gasteiger partial charge in [-0.05, 0) is 0 Å². The normalized spacial score (nSPS) is 16.6. The minimum absolute atomic E-state index is 0.0918. The Morgan fingerprint density at radius 3 is 2.82 bits per heavy atom. The topological polar surface area (TPSA) is 66.8 Å². The van der Waals surface area contributed by atoms with E-state index in [4.69, 9.17) is 5.11 Å². The first-order chi connectivity index (χ1) is 5.15. The number of hydrogen-bond donors (Lipinski definition) is 1. The number of hydrogen-bond acceptors (Lipinski definition) is 4. The highest BCUT2D eigenvalue weighted by atomic mass is 16.5. The highest BCUT2D eigenvalue weighted by Gasteiger charge is 2.27. The van der Waals surface area contributed by atoms with Crippen LogP contribution in [0.2, 0.25) is 0 Å². The second kappa shape index (κ2) is 2.61. The summed E-state index contributed by atoms with van der Waals surface area (Å²) in [5.41, 5.74) is 0. The zero-order valence-corrected chi connectivity index (χ0v) is 5.90. The van der Waals surface area contributed by atoms with Crippen LogP contribution in [0.1, 0.15) is 0 Å². The molecule has 0 aromatic heterocycles. The standard InChI is InChI=1S/C6H7NO4/c1-11-6(10)7-3-4(8)2-5(7)9/h2,8H,3H2,1H3. The molecule has 0 fully saturated rings. The Kier molecular flexibility index (Phi) is 1.80. The van der Waals surface area contributed by atoms with E-state index in [0.29, 0.717) is 0 Å². The Hall–Kier alpha value is -1.52. The van der Waals surface area contributed by atoms with Gasteiger partial charge in [0.15, 0.2) is 0 Å². The molecule has 0 aliphatic carbocycles. The number of aliphatic hydroxyl groups is 1. The van der Waals surface area contributed by atoms with Crippen molar-refractivity contribution in [3.05, 3.63) is 11.8 Å². The molecule has 1 N–H and O–H groups in total. The predicted octanol–water partition coefficient (Wildman–Crippen LogP) is 0.0369. The monoisotopic (exact) mass is 157 g/mol. The van der Waals surface area contributed by atoms with Gasteiger partial charge in [0, 0.05) is 6.08 Å². The van der Waals surface area contributed by atoms with Gasteiger partial charge in [0.25, 0.3) is 5.91 Å². The number of aliphatic hydroxyl groups excluding tert-OH is 1. The number of ether oxygens (including phenoxy) is 1. The van der Waals surface area contributed by atoms with E-state index in [1.165, 1.54) is 7.11 Å². The van der Waals surface area contributed by atoms with Crippen molar-refractivity contribution < 1.29 is 19.4 Å². The summed E-state index contributed by atoms with van der Waals surface area (Å²) in [6.07, 6.45) is 0.229. The Morgan fingerprint density at radius 2 is 2.45 bits per heavy atom. The van der Waals surface area contributed by atoms with E-state index in [0.717, 1.165) is 11.0 Å². The molecule has 0 aromatic rings. The Morgan fingerprint density at radius 1 is 1.82 bits per heavy atom. The molecule has 1 rings (SSSR count). The molecule has 0 aromatic carbocycles. The van der Waals surface area contributed by atoms with Crippen LogP contribution in [0.15, 0.2) is 11.8 Å². The summed E-state index contributed by atoms with van der Waals surface area (Å²) in [5.74, 6) is -0.672. The first-order valence-corrected chi connectivity index (χ1v) is 2.94. The van der Waals surface area contributed by atoms with Crippen molar-refractivity contribution in [2.75, 3.05) is 13.7 Å². The third kappa shape index (κ3) is 1.31. The van der Waals surface area contributed by atoms with Crippen LogP contribution in [0.25, 0.3) is 0 Å². The van der Waals surface area contributed by atoms with Gasteiger partial charge in [0.05, 0.1) is 13.7 Å². The highest BCUT2D eigenvalue weighted by molar-refractivity contribution is 6.01. The lowest BCUT2D eigenvalue weighted by Gasteiger charge is -2.10. The van der Waals surface area contributed by atoms with E-state index < -0.39 is 12.0 Å². The summed E-state index contributed by atoms with van der Waals surface area (Å²) < 4.78 is 4.27. The summed E-state index contributed by atoms with van der Waals surface area (Å²) in [5, 5.41) is 8.81. The zero-order chi connectivity index (χ0) is 8.43. The van der Waals surface area contributed by atoms with Gasteiger partial charge in [-0.1, -0.05) is 0 Å². The van der Waals surface area contributed by atoms with Crippen molar-refractivity contribution in [2.45, 2.75) is 0 Å². The maximum Gasteiger partial charge on any atom is 0.416 e. The van der Waals surface area contributed by atoms with Crippen molar-refractivity contribution in [3.8, 4) is 0 Å². The summed E-state index contributed by atoms with van der Waals surface area (Å²) in [7, 11) is 1.17. The number of imide groups is 1. The lowest BCUT2D eigenvalue weighted by Crippen LogP contribution is -2.32. The maximum absolute atomic E-state index is 10.8. The molecule has 11 heavy (non-hydrogen) atoms. The van der Waals surface area contributed by atoms with E-state index in [1.807, 2.05) is 0 Å². The number of rotatable bonds is 0. The summed E-state index contributed by atoms with van der Waals surface area (Å²) in [6, 6.07) is 0. The van der Waals surface area contributed by atoms with Gasteiger partial charge in [-0.3, -0.25) is 4.79 Å². The van der Waals surface area contributed by atoms with E-state index in [2.05, 4.69) is 4.74 Å². The molecule has 2 amide bonds. The zero-order valence-electron chi connectivity index (χ0n) is 5.90. The molecule has 0 saturated carbocycles. The molecule has 1 aliphatic rings. The molecule has 5 heteroatoms. The van der Waals surface area contributed by atoms with Gasteiger partial charge in [0.1, 0.15) is 5.76 Å². The fraction of sp³-hybridized carbons (Fsp3) is 0.333. The van der Waals surface area contributed by atoms with E-state index in [-0.39, 0.29) is 12.3 Å². The minimum Gasteiger partial charge on any atom is -0.510 e. The fourth-order valence-electron chi connectivity index (χ4n) is 0.771. The van der Waals surface area contributed by atoms with Crippen LogP contribution in [0.3, 0.4) is 0 Å². The highest BCUT2D eigenvalue weighted by Crippen LogP contribution is 2.08. The summed E-state index contributed by atoms with van der Waals surface area (Å²) in [4.78, 5) is 22.3. The van der Waals surface area contributed by atoms with Crippen LogP contribution < -0.4 is 0 Å². The molecule has 0 bridgehead atoms. The molecule has 60 valence electrons. The van der Waals surface area contributed by atoms with Crippen LogP contribution in [0.4, 0.5) is 4.79 Å². The Balaban J connectivity index is 2.67. The average molecular weight is 157 g/mol. The second-order valence-electron chi connectivity index (χ2n) is 2.03. The molecule has 0 atom stereocenters. The molecule has 1 heterocycles. The Bertz CT molecular complexity index is 233. The van der Waals surface area contributed by atoms with Crippen LogP contribution in [-0.4, -0.2) is 35.7 Å². The molecule has 0 radical (unpaired) electrons. The molecular weight excluding hydrogens is 150 g/mol. The average Bonchev–Trinajstić information content (AvgIpc) is 2.28. The third-order valence-electron chi connectivity index (χ3n) is 1.27. The summed E-state index contributed by atoms with van der Waals surface area (Å²) >= 11 is 0. The van der Waals surface area contributed by atoms with Crippen molar-refractivity contribution in [3.63, 3.8) is 0 Å². The van der Waals surface area contributed by atoms with E-state index in [9.17, 15) is 9.59 Å². The molecular formula is C6H7NO4. The van der Waals surface area contributed by atoms with Crippen LogP contribution in [0.5, 0.6) is 0 Å². The van der Waals surface area contributed by atoms with E-state index >= 15 is 0 Å². The van der Waals surface area contributed by atoms with Crippen molar-refractivity contribution in [1.29, 1.82) is 0 Å². The van der Waals surface area contributed by atoms with Crippen molar-refractivity contribution in [1.82, 2.24) is 4.90 Å². The van der Waals surface area contributed by atoms with Gasteiger partial charge in [-0.2, -0.15) is 0 Å². The van der Waals surface area contributed by atoms with E-state index in [1.54, 1.807) is 0 Å². The number of methoxy groups -OCH3 is 1. The van der Waals surface area contributed by atoms with Crippen LogP contribution >= 0.6 is 0 Å². The first kappa shape index (κ1) is 7.59. The quantitative estimate of drug-likeness (QED) is 0.539. The molecule has 0 spiro atoms. The third-order valence-corrected chi connectivity index (χ3v) is 1.27. The van der Waals surface area contributed by atoms with Gasteiger partial charge in [-0.25, -0.2) is 9.69 Å². The minimum atomic E-state index is -0.754. The molecule has 0 unspecified atom stereocenters. The van der Waals surface area contributed by atoms with Crippen LogP contribution in [-0.2, 0) is 9.53 Å². The predicted molar refractivity (Wildman–Crippen MR) is 34.8 cm³/mol. The lowest BCUT2D eigenvalue weighted by molar-refractivity contribution is -0.122. The lowest BCUT2D eigenvalue weighted by atomic mass is 10.5.